The summed E-state index contributed by atoms with van der Waals surface area (Å²) >= 11 is 7.58. The molecule has 0 unspecified atom stereocenters. The predicted octanol–water partition coefficient (Wildman–Crippen LogP) is 3.87. The Kier molecular flexibility index (Phi) is 4.14. The maximum absolute atomic E-state index is 12.2. The van der Waals surface area contributed by atoms with E-state index in [1.54, 1.807) is 0 Å². The van der Waals surface area contributed by atoms with Gasteiger partial charge >= 0.3 is 0 Å². The lowest BCUT2D eigenvalue weighted by molar-refractivity contribution is -0.117. The minimum atomic E-state index is -0.142. The molecule has 0 aliphatic heterocycles. The van der Waals surface area contributed by atoms with Crippen molar-refractivity contribution in [2.45, 2.75) is 13.3 Å². The quantitative estimate of drug-likeness (QED) is 0.702. The maximum Gasteiger partial charge on any atom is 0.252 e. The highest BCUT2D eigenvalue weighted by Crippen LogP contribution is 2.25. The van der Waals surface area contributed by atoms with Crippen LogP contribution in [0.1, 0.15) is 11.1 Å². The van der Waals surface area contributed by atoms with E-state index in [0.29, 0.717) is 16.2 Å². The Morgan fingerprint density at radius 2 is 2.00 bits per heavy atom. The van der Waals surface area contributed by atoms with Crippen LogP contribution in [0.3, 0.4) is 0 Å². The first-order chi connectivity index (χ1) is 10.5. The van der Waals surface area contributed by atoms with Crippen LogP contribution in [0.5, 0.6) is 0 Å². The lowest BCUT2D eigenvalue weighted by Gasteiger charge is -2.00. The van der Waals surface area contributed by atoms with Gasteiger partial charge in [-0.3, -0.25) is 4.79 Å². The molecule has 22 heavy (non-hydrogen) atoms. The molecule has 112 valence electrons. The Bertz CT molecular complexity index is 910. The summed E-state index contributed by atoms with van der Waals surface area (Å²) in [7, 11) is 1.92. The van der Waals surface area contributed by atoms with Crippen molar-refractivity contribution in [1.82, 2.24) is 4.57 Å². The van der Waals surface area contributed by atoms with Crippen molar-refractivity contribution in [3.8, 4) is 0 Å². The number of carbonyl (C=O) groups excluding carboxylic acids is 1. The molecule has 0 spiro atoms. The van der Waals surface area contributed by atoms with Gasteiger partial charge in [-0.2, -0.15) is 4.99 Å². The molecule has 0 aliphatic carbocycles. The first-order valence-corrected chi connectivity index (χ1v) is 8.11. The molecular formula is C17H15ClN2OS. The first-order valence-electron chi connectivity index (χ1n) is 6.92. The summed E-state index contributed by atoms with van der Waals surface area (Å²) in [5, 5.41) is 0.703. The van der Waals surface area contributed by atoms with Gasteiger partial charge in [0.2, 0.25) is 0 Å². The molecule has 0 aliphatic rings. The largest absolute Gasteiger partial charge is 0.319 e. The summed E-state index contributed by atoms with van der Waals surface area (Å²) in [4.78, 5) is 17.1. The topological polar surface area (TPSA) is 34.4 Å². The monoisotopic (exact) mass is 330 g/mol. The molecule has 0 atom stereocenters. The van der Waals surface area contributed by atoms with E-state index in [4.69, 9.17) is 11.6 Å². The highest BCUT2D eigenvalue weighted by Gasteiger charge is 2.09. The number of halogens is 1. The van der Waals surface area contributed by atoms with Crippen molar-refractivity contribution >= 4 is 39.1 Å². The minimum Gasteiger partial charge on any atom is -0.319 e. The normalized spacial score (nSPS) is 12.0. The summed E-state index contributed by atoms with van der Waals surface area (Å²) in [5.74, 6) is -0.142. The smallest absolute Gasteiger partial charge is 0.252 e. The second-order valence-corrected chi connectivity index (χ2v) is 6.63. The number of benzene rings is 2. The summed E-state index contributed by atoms with van der Waals surface area (Å²) in [6.07, 6.45) is 0.314. The highest BCUT2D eigenvalue weighted by atomic mass is 35.5. The van der Waals surface area contributed by atoms with Crippen molar-refractivity contribution in [3.63, 3.8) is 0 Å². The Labute approximate surface area is 137 Å². The number of hydrogen-bond donors (Lipinski definition) is 0. The molecule has 3 rings (SSSR count). The number of amides is 1. The zero-order chi connectivity index (χ0) is 15.7. The fourth-order valence-electron chi connectivity index (χ4n) is 2.49. The van der Waals surface area contributed by atoms with Gasteiger partial charge in [-0.15, -0.1) is 0 Å². The number of fused-ring (bicyclic) bond motifs is 1. The van der Waals surface area contributed by atoms with Crippen molar-refractivity contribution in [2.75, 3.05) is 0 Å². The summed E-state index contributed by atoms with van der Waals surface area (Å²) < 4.78 is 2.99. The van der Waals surface area contributed by atoms with E-state index in [2.05, 4.69) is 4.99 Å². The van der Waals surface area contributed by atoms with E-state index >= 15 is 0 Å². The van der Waals surface area contributed by atoms with Crippen LogP contribution >= 0.6 is 22.9 Å². The average molecular weight is 331 g/mol. The Balaban J connectivity index is 2.01. The fourth-order valence-corrected chi connectivity index (χ4v) is 3.98. The number of aromatic nitrogens is 1. The van der Waals surface area contributed by atoms with Crippen LogP contribution in [0.15, 0.2) is 47.5 Å². The van der Waals surface area contributed by atoms with Crippen LogP contribution in [-0.4, -0.2) is 10.5 Å². The van der Waals surface area contributed by atoms with Gasteiger partial charge in [0.1, 0.15) is 0 Å². The Morgan fingerprint density at radius 1 is 1.27 bits per heavy atom. The fraction of sp³-hybridized carbons (Fsp3) is 0.176. The SMILES string of the molecule is Cc1cc(Cl)cc2sc(=NC(=O)Cc3ccccc3)n(C)c12. The number of nitrogens with zero attached hydrogens (tertiary/aromatic N) is 2. The summed E-state index contributed by atoms with van der Waals surface area (Å²) in [6.45, 7) is 2.01. The molecule has 1 amide bonds. The molecule has 0 fully saturated rings. The van der Waals surface area contributed by atoms with Gasteiger partial charge in [0.25, 0.3) is 5.91 Å². The third-order valence-electron chi connectivity index (χ3n) is 3.47. The molecule has 1 aromatic heterocycles. The number of thiazole rings is 1. The van der Waals surface area contributed by atoms with Crippen molar-refractivity contribution in [3.05, 3.63) is 63.4 Å². The van der Waals surface area contributed by atoms with Crippen molar-refractivity contribution in [2.24, 2.45) is 12.0 Å². The zero-order valence-corrected chi connectivity index (χ0v) is 13.9. The second kappa shape index (κ2) is 6.07. The van der Waals surface area contributed by atoms with Gasteiger partial charge in [-0.25, -0.2) is 0 Å². The van der Waals surface area contributed by atoms with E-state index in [1.165, 1.54) is 11.3 Å². The molecule has 0 bridgehead atoms. The average Bonchev–Trinajstić information content (AvgIpc) is 2.76. The van der Waals surface area contributed by atoms with Crippen LogP contribution in [0.25, 0.3) is 10.2 Å². The van der Waals surface area contributed by atoms with E-state index in [9.17, 15) is 4.79 Å². The van der Waals surface area contributed by atoms with Crippen LogP contribution in [0, 0.1) is 6.92 Å². The standard InChI is InChI=1S/C17H15ClN2OS/c1-11-8-13(18)10-14-16(11)20(2)17(22-14)19-15(21)9-12-6-4-3-5-7-12/h3-8,10H,9H2,1-2H3. The number of aryl methyl sites for hydroxylation is 2. The van der Waals surface area contributed by atoms with E-state index < -0.39 is 0 Å². The number of carbonyl (C=O) groups is 1. The van der Waals surface area contributed by atoms with Gasteiger partial charge in [-0.1, -0.05) is 53.3 Å². The molecule has 3 aromatic rings. The zero-order valence-electron chi connectivity index (χ0n) is 12.3. The lowest BCUT2D eigenvalue weighted by atomic mass is 10.1. The van der Waals surface area contributed by atoms with E-state index in [0.717, 1.165) is 21.3 Å². The van der Waals surface area contributed by atoms with Crippen LogP contribution < -0.4 is 4.80 Å². The molecule has 0 saturated carbocycles. The number of hydrogen-bond acceptors (Lipinski definition) is 2. The van der Waals surface area contributed by atoms with Gasteiger partial charge in [0.15, 0.2) is 4.80 Å². The van der Waals surface area contributed by atoms with Gasteiger partial charge < -0.3 is 4.57 Å². The molecule has 0 radical (unpaired) electrons. The molecule has 2 aromatic carbocycles. The predicted molar refractivity (Wildman–Crippen MR) is 91.3 cm³/mol. The van der Waals surface area contributed by atoms with Gasteiger partial charge in [0, 0.05) is 12.1 Å². The van der Waals surface area contributed by atoms with Crippen LogP contribution in [0.2, 0.25) is 5.02 Å². The van der Waals surface area contributed by atoms with Crippen LogP contribution in [0.4, 0.5) is 0 Å². The maximum atomic E-state index is 12.2. The van der Waals surface area contributed by atoms with Gasteiger partial charge in [0.05, 0.1) is 16.6 Å². The lowest BCUT2D eigenvalue weighted by Crippen LogP contribution is -2.14. The van der Waals surface area contributed by atoms with Crippen molar-refractivity contribution in [1.29, 1.82) is 0 Å². The molecule has 0 saturated heterocycles. The molecule has 5 heteroatoms. The molecular weight excluding hydrogens is 316 g/mol. The highest BCUT2D eigenvalue weighted by molar-refractivity contribution is 7.16. The molecule has 3 nitrogen and oxygen atoms in total. The first kappa shape index (κ1) is 15.0. The Morgan fingerprint density at radius 3 is 2.73 bits per heavy atom. The minimum absolute atomic E-state index is 0.142. The van der Waals surface area contributed by atoms with E-state index in [-0.39, 0.29) is 5.91 Å². The third-order valence-corrected chi connectivity index (χ3v) is 4.77. The molecule has 0 N–H and O–H groups in total. The third kappa shape index (κ3) is 2.98. The van der Waals surface area contributed by atoms with Crippen molar-refractivity contribution < 1.29 is 4.79 Å². The van der Waals surface area contributed by atoms with E-state index in [1.807, 2.05) is 61.0 Å². The second-order valence-electron chi connectivity index (χ2n) is 5.18. The van der Waals surface area contributed by atoms with Gasteiger partial charge in [-0.05, 0) is 30.2 Å². The molecule has 1 heterocycles. The summed E-state index contributed by atoms with van der Waals surface area (Å²) in [6, 6.07) is 13.5. The number of rotatable bonds is 2. The summed E-state index contributed by atoms with van der Waals surface area (Å²) in [5.41, 5.74) is 3.12. The Hall–Kier alpha value is -1.91. The van der Waals surface area contributed by atoms with Crippen LogP contribution in [-0.2, 0) is 18.3 Å².